The number of hydrogen-bond acceptors (Lipinski definition) is 5. The summed E-state index contributed by atoms with van der Waals surface area (Å²) in [5.41, 5.74) is 6.18. The summed E-state index contributed by atoms with van der Waals surface area (Å²) < 4.78 is 32.0. The smallest absolute Gasteiger partial charge is 0.335 e. The van der Waals surface area contributed by atoms with Gasteiger partial charge in [-0.3, -0.25) is 0 Å². The van der Waals surface area contributed by atoms with Gasteiger partial charge in [0.25, 0.3) is 0 Å². The first kappa shape index (κ1) is 23.5. The number of carbonyl (C=O) groups is 1. The molecule has 0 radical (unpaired) electrons. The lowest BCUT2D eigenvalue weighted by Gasteiger charge is -2.16. The van der Waals surface area contributed by atoms with E-state index in [1.54, 1.807) is 6.07 Å². The number of sulfone groups is 1. The molecular weight excluding hydrogens is 478 g/mol. The minimum Gasteiger partial charge on any atom is -0.478 e. The van der Waals surface area contributed by atoms with Crippen LogP contribution in [0.2, 0.25) is 0 Å². The second-order valence-corrected chi connectivity index (χ2v) is 12.1. The molecule has 1 fully saturated rings. The zero-order valence-corrected chi connectivity index (χ0v) is 21.1. The number of carboxylic acids is 1. The average molecular weight is 504 g/mol. The molecule has 1 aliphatic carbocycles. The van der Waals surface area contributed by atoms with Crippen molar-refractivity contribution in [3.63, 3.8) is 0 Å². The molecule has 0 unspecified atom stereocenters. The second kappa shape index (κ2) is 9.06. The van der Waals surface area contributed by atoms with Crippen LogP contribution in [0.25, 0.3) is 22.3 Å². The SMILES string of the molecule is Cc1cccc(-c2ccc(-c3cnsc3C)cc2CS(=O)(=O)c2cc(C(=O)O)ccc2C2CC2)c1. The van der Waals surface area contributed by atoms with Gasteiger partial charge in [-0.05, 0) is 90.2 Å². The molecule has 0 bridgehead atoms. The Labute approximate surface area is 209 Å². The first-order valence-corrected chi connectivity index (χ1v) is 13.9. The Hall–Kier alpha value is -3.29. The summed E-state index contributed by atoms with van der Waals surface area (Å²) in [5.74, 6) is -1.18. The molecule has 0 amide bonds. The normalized spacial score (nSPS) is 13.7. The van der Waals surface area contributed by atoms with Crippen molar-refractivity contribution in [1.29, 1.82) is 0 Å². The van der Waals surface area contributed by atoms with Crippen LogP contribution in [0.3, 0.4) is 0 Å². The highest BCUT2D eigenvalue weighted by Crippen LogP contribution is 2.44. The predicted octanol–water partition coefficient (Wildman–Crippen LogP) is 6.64. The number of aromatic nitrogens is 1. The van der Waals surface area contributed by atoms with Crippen molar-refractivity contribution < 1.29 is 18.3 Å². The van der Waals surface area contributed by atoms with Gasteiger partial charge in [-0.1, -0.05) is 48.0 Å². The van der Waals surface area contributed by atoms with Crippen LogP contribution in [0, 0.1) is 13.8 Å². The molecule has 0 aliphatic heterocycles. The summed E-state index contributed by atoms with van der Waals surface area (Å²) >= 11 is 1.41. The molecule has 0 saturated heterocycles. The molecule has 1 aliphatic rings. The third-order valence-electron chi connectivity index (χ3n) is 6.45. The van der Waals surface area contributed by atoms with E-state index in [4.69, 9.17) is 0 Å². The topological polar surface area (TPSA) is 84.3 Å². The highest BCUT2D eigenvalue weighted by atomic mass is 32.2. The molecule has 7 heteroatoms. The fraction of sp³-hybridized carbons (Fsp3) is 0.214. The minimum atomic E-state index is -3.82. The summed E-state index contributed by atoms with van der Waals surface area (Å²) in [7, 11) is -3.82. The van der Waals surface area contributed by atoms with Gasteiger partial charge in [0.2, 0.25) is 0 Å². The zero-order chi connectivity index (χ0) is 24.7. The number of benzene rings is 3. The Morgan fingerprint density at radius 2 is 1.77 bits per heavy atom. The van der Waals surface area contributed by atoms with E-state index in [1.165, 1.54) is 23.7 Å². The van der Waals surface area contributed by atoms with E-state index in [0.29, 0.717) is 5.56 Å². The summed E-state index contributed by atoms with van der Waals surface area (Å²) in [6, 6.07) is 18.4. The van der Waals surface area contributed by atoms with E-state index in [-0.39, 0.29) is 22.1 Å². The lowest BCUT2D eigenvalue weighted by atomic mass is 9.95. The third-order valence-corrected chi connectivity index (χ3v) is 8.87. The molecule has 35 heavy (non-hydrogen) atoms. The van der Waals surface area contributed by atoms with Gasteiger partial charge >= 0.3 is 5.97 Å². The number of aryl methyl sites for hydroxylation is 2. The van der Waals surface area contributed by atoms with E-state index in [0.717, 1.165) is 51.1 Å². The van der Waals surface area contributed by atoms with Crippen LogP contribution >= 0.6 is 11.5 Å². The van der Waals surface area contributed by atoms with Crippen LogP contribution in [0.1, 0.15) is 50.7 Å². The van der Waals surface area contributed by atoms with E-state index in [2.05, 4.69) is 4.37 Å². The van der Waals surface area contributed by atoms with Gasteiger partial charge in [-0.2, -0.15) is 0 Å². The van der Waals surface area contributed by atoms with Crippen molar-refractivity contribution in [1.82, 2.24) is 4.37 Å². The van der Waals surface area contributed by atoms with Crippen LogP contribution in [0.15, 0.2) is 71.8 Å². The van der Waals surface area contributed by atoms with Gasteiger partial charge in [-0.15, -0.1) is 0 Å². The first-order valence-electron chi connectivity index (χ1n) is 11.4. The molecule has 1 saturated carbocycles. The Morgan fingerprint density at radius 3 is 2.43 bits per heavy atom. The van der Waals surface area contributed by atoms with E-state index in [1.807, 2.05) is 62.5 Å². The van der Waals surface area contributed by atoms with Crippen LogP contribution < -0.4 is 0 Å². The molecule has 5 rings (SSSR count). The maximum Gasteiger partial charge on any atom is 0.335 e. The molecule has 0 spiro atoms. The molecule has 3 aromatic carbocycles. The van der Waals surface area contributed by atoms with E-state index in [9.17, 15) is 18.3 Å². The molecule has 5 nitrogen and oxygen atoms in total. The minimum absolute atomic E-state index is 0.0133. The predicted molar refractivity (Wildman–Crippen MR) is 139 cm³/mol. The van der Waals surface area contributed by atoms with Crippen molar-refractivity contribution in [2.24, 2.45) is 0 Å². The molecule has 4 aromatic rings. The second-order valence-electron chi connectivity index (χ2n) is 9.13. The lowest BCUT2D eigenvalue weighted by molar-refractivity contribution is 0.0696. The maximum absolute atomic E-state index is 13.8. The zero-order valence-electron chi connectivity index (χ0n) is 19.5. The van der Waals surface area contributed by atoms with Gasteiger partial charge in [0.05, 0.1) is 16.2 Å². The highest BCUT2D eigenvalue weighted by molar-refractivity contribution is 7.90. The summed E-state index contributed by atoms with van der Waals surface area (Å²) in [6.45, 7) is 4.01. The Kier molecular flexibility index (Phi) is 6.07. The summed E-state index contributed by atoms with van der Waals surface area (Å²) in [5, 5.41) is 9.50. The van der Waals surface area contributed by atoms with Gasteiger partial charge in [-0.25, -0.2) is 17.6 Å². The van der Waals surface area contributed by atoms with Crippen molar-refractivity contribution in [3.05, 3.63) is 94.0 Å². The quantitative estimate of drug-likeness (QED) is 0.305. The largest absolute Gasteiger partial charge is 0.478 e. The maximum atomic E-state index is 13.8. The van der Waals surface area contributed by atoms with Gasteiger partial charge in [0.1, 0.15) is 0 Å². The van der Waals surface area contributed by atoms with Crippen LogP contribution in [-0.4, -0.2) is 23.9 Å². The number of rotatable bonds is 7. The fourth-order valence-corrected chi connectivity index (χ4v) is 6.79. The van der Waals surface area contributed by atoms with Crippen molar-refractivity contribution in [3.8, 4) is 22.3 Å². The fourth-order valence-electron chi connectivity index (χ4n) is 4.50. The van der Waals surface area contributed by atoms with Gasteiger partial charge < -0.3 is 5.11 Å². The van der Waals surface area contributed by atoms with Crippen LogP contribution in [0.4, 0.5) is 0 Å². The van der Waals surface area contributed by atoms with Crippen molar-refractivity contribution in [2.45, 2.75) is 43.3 Å². The molecule has 178 valence electrons. The summed E-state index contributed by atoms with van der Waals surface area (Å²) in [6.07, 6.45) is 3.65. The first-order chi connectivity index (χ1) is 16.7. The standard InChI is InChI=1S/C28H25NO4S2/c1-17-4-3-5-20(12-17)24-10-8-21(26-15-29-34-18(26)2)13-23(24)16-35(32,33)27-14-22(28(30)31)9-11-25(27)19-6-7-19/h3-5,8-15,19H,6-7,16H2,1-2H3,(H,30,31). The van der Waals surface area contributed by atoms with Crippen molar-refractivity contribution in [2.75, 3.05) is 0 Å². The molecular formula is C28H25NO4S2. The number of aromatic carboxylic acids is 1. The molecule has 0 atom stereocenters. The average Bonchev–Trinajstić information content (AvgIpc) is 3.58. The molecule has 1 N–H and O–H groups in total. The van der Waals surface area contributed by atoms with Crippen LogP contribution in [0.5, 0.6) is 0 Å². The number of hydrogen-bond donors (Lipinski definition) is 1. The van der Waals surface area contributed by atoms with E-state index < -0.39 is 15.8 Å². The Morgan fingerprint density at radius 1 is 1.00 bits per heavy atom. The lowest BCUT2D eigenvalue weighted by Crippen LogP contribution is -2.11. The number of carboxylic acid groups (broad SMARTS) is 1. The van der Waals surface area contributed by atoms with Gasteiger partial charge in [0.15, 0.2) is 9.84 Å². The Balaban J connectivity index is 1.65. The number of nitrogens with zero attached hydrogens (tertiary/aromatic N) is 1. The highest BCUT2D eigenvalue weighted by Gasteiger charge is 2.31. The molecule has 1 aromatic heterocycles. The Bertz CT molecular complexity index is 1550. The van der Waals surface area contributed by atoms with E-state index >= 15 is 0 Å². The van der Waals surface area contributed by atoms with Gasteiger partial charge in [0, 0.05) is 16.6 Å². The summed E-state index contributed by atoms with van der Waals surface area (Å²) in [4.78, 5) is 12.8. The monoisotopic (exact) mass is 503 g/mol. The molecule has 1 heterocycles. The van der Waals surface area contributed by atoms with Crippen LogP contribution in [-0.2, 0) is 15.6 Å². The van der Waals surface area contributed by atoms with Crippen molar-refractivity contribution >= 4 is 27.3 Å². The third kappa shape index (κ3) is 4.79.